The van der Waals surface area contributed by atoms with Crippen molar-refractivity contribution in [3.8, 4) is 0 Å². The van der Waals surface area contributed by atoms with Crippen molar-refractivity contribution in [3.63, 3.8) is 0 Å². The Morgan fingerprint density at radius 3 is 2.38 bits per heavy atom. The van der Waals surface area contributed by atoms with E-state index in [1.807, 2.05) is 0 Å². The summed E-state index contributed by atoms with van der Waals surface area (Å²) in [4.78, 5) is 36.6. The highest BCUT2D eigenvalue weighted by molar-refractivity contribution is 6.31. The highest BCUT2D eigenvalue weighted by Crippen LogP contribution is 2.28. The molecule has 0 radical (unpaired) electrons. The molecular formula is C21H17ClFN2O4-. The van der Waals surface area contributed by atoms with Gasteiger partial charge in [0.15, 0.2) is 0 Å². The fraction of sp³-hybridized carbons (Fsp3) is 0.190. The second kappa shape index (κ2) is 8.87. The van der Waals surface area contributed by atoms with Crippen LogP contribution in [0, 0.1) is 17.7 Å². The van der Waals surface area contributed by atoms with E-state index in [9.17, 15) is 23.9 Å². The molecule has 0 spiro atoms. The summed E-state index contributed by atoms with van der Waals surface area (Å²) >= 11 is 5.73. The molecule has 2 atom stereocenters. The van der Waals surface area contributed by atoms with E-state index in [-0.39, 0.29) is 34.8 Å². The maximum absolute atomic E-state index is 13.3. The molecule has 0 saturated heterocycles. The minimum atomic E-state index is -1.28. The number of carboxylic acid groups (broad SMARTS) is 1. The zero-order valence-electron chi connectivity index (χ0n) is 15.2. The molecular weight excluding hydrogens is 399 g/mol. The van der Waals surface area contributed by atoms with E-state index in [1.54, 1.807) is 24.3 Å². The molecule has 0 aliphatic heterocycles. The fourth-order valence-electron chi connectivity index (χ4n) is 3.15. The smallest absolute Gasteiger partial charge is 0.257 e. The Morgan fingerprint density at radius 1 is 1.00 bits per heavy atom. The minimum absolute atomic E-state index is 0.136. The van der Waals surface area contributed by atoms with Crippen LogP contribution in [0.25, 0.3) is 0 Å². The Balaban J connectivity index is 1.78. The Kier molecular flexibility index (Phi) is 6.29. The largest absolute Gasteiger partial charge is 0.550 e. The molecule has 150 valence electrons. The highest BCUT2D eigenvalue weighted by atomic mass is 35.5. The summed E-state index contributed by atoms with van der Waals surface area (Å²) in [6, 6.07) is 10.1. The van der Waals surface area contributed by atoms with Crippen LogP contribution in [0.1, 0.15) is 23.2 Å². The third-order valence-corrected chi connectivity index (χ3v) is 4.97. The second-order valence-electron chi connectivity index (χ2n) is 6.59. The second-order valence-corrected chi connectivity index (χ2v) is 7.00. The van der Waals surface area contributed by atoms with Gasteiger partial charge in [-0.25, -0.2) is 4.39 Å². The Morgan fingerprint density at radius 2 is 1.69 bits per heavy atom. The first-order chi connectivity index (χ1) is 13.9. The van der Waals surface area contributed by atoms with Gasteiger partial charge in [0.1, 0.15) is 5.82 Å². The van der Waals surface area contributed by atoms with E-state index >= 15 is 0 Å². The predicted octanol–water partition coefficient (Wildman–Crippen LogP) is 3.00. The van der Waals surface area contributed by atoms with Crippen LogP contribution in [0.2, 0.25) is 5.02 Å². The average molecular weight is 416 g/mol. The van der Waals surface area contributed by atoms with Crippen molar-refractivity contribution < 1.29 is 23.9 Å². The van der Waals surface area contributed by atoms with Crippen molar-refractivity contribution in [2.45, 2.75) is 12.8 Å². The number of aliphatic carboxylic acids is 1. The van der Waals surface area contributed by atoms with E-state index in [4.69, 9.17) is 11.6 Å². The van der Waals surface area contributed by atoms with Gasteiger partial charge < -0.3 is 20.5 Å². The molecule has 2 aromatic rings. The zero-order valence-corrected chi connectivity index (χ0v) is 15.9. The molecule has 0 saturated carbocycles. The van der Waals surface area contributed by atoms with Gasteiger partial charge in [0.2, 0.25) is 5.91 Å². The maximum atomic E-state index is 13.3. The number of benzene rings is 2. The lowest BCUT2D eigenvalue weighted by molar-refractivity contribution is -0.313. The van der Waals surface area contributed by atoms with Gasteiger partial charge in [-0.05, 0) is 43.2 Å². The van der Waals surface area contributed by atoms with E-state index < -0.39 is 35.4 Å². The molecule has 1 aliphatic rings. The lowest BCUT2D eigenvalue weighted by Crippen LogP contribution is -2.41. The summed E-state index contributed by atoms with van der Waals surface area (Å²) < 4.78 is 13.3. The number of para-hydroxylation sites is 1. The molecule has 2 N–H and O–H groups in total. The van der Waals surface area contributed by atoms with E-state index in [1.165, 1.54) is 24.3 Å². The lowest BCUT2D eigenvalue weighted by atomic mass is 9.82. The molecule has 2 amide bonds. The Labute approximate surface area is 171 Å². The number of halogens is 2. The zero-order chi connectivity index (χ0) is 21.0. The van der Waals surface area contributed by atoms with Gasteiger partial charge in [-0.15, -0.1) is 0 Å². The SMILES string of the molecule is O=C(Nc1ccc(F)c(Cl)c1)c1ccccc1NC(=O)[C@@H]1CC=CC[C@@H]1C(=O)[O-]. The molecule has 0 unspecified atom stereocenters. The average Bonchev–Trinajstić information content (AvgIpc) is 2.71. The number of carboxylic acids is 1. The number of carbonyl (C=O) groups excluding carboxylic acids is 3. The third-order valence-electron chi connectivity index (χ3n) is 4.68. The number of rotatable bonds is 5. The molecule has 0 heterocycles. The van der Waals surface area contributed by atoms with Crippen molar-refractivity contribution >= 4 is 40.8 Å². The first-order valence-corrected chi connectivity index (χ1v) is 9.26. The number of allylic oxidation sites excluding steroid dienone is 2. The van der Waals surface area contributed by atoms with E-state index in [2.05, 4.69) is 10.6 Å². The first-order valence-electron chi connectivity index (χ1n) is 8.89. The third kappa shape index (κ3) is 4.81. The number of hydrogen-bond donors (Lipinski definition) is 2. The van der Waals surface area contributed by atoms with Crippen LogP contribution in [0.15, 0.2) is 54.6 Å². The maximum Gasteiger partial charge on any atom is 0.257 e. The topological polar surface area (TPSA) is 98.3 Å². The molecule has 29 heavy (non-hydrogen) atoms. The van der Waals surface area contributed by atoms with Crippen molar-refractivity contribution in [2.75, 3.05) is 10.6 Å². The standard InChI is InChI=1S/C21H18ClFN2O4/c22-16-11-12(9-10-17(16)23)24-20(27)15-7-3-4-8-18(15)25-19(26)13-5-1-2-6-14(13)21(28)29/h1-4,7-11,13-14H,5-6H2,(H,24,27)(H,25,26)(H,28,29)/p-1/t13-,14+/m1/s1. The molecule has 2 aromatic carbocycles. The van der Waals surface area contributed by atoms with Gasteiger partial charge in [-0.3, -0.25) is 9.59 Å². The van der Waals surface area contributed by atoms with Gasteiger partial charge in [0, 0.05) is 17.6 Å². The van der Waals surface area contributed by atoms with Crippen molar-refractivity contribution in [3.05, 3.63) is 71.0 Å². The summed E-state index contributed by atoms with van der Waals surface area (Å²) in [6.45, 7) is 0. The van der Waals surface area contributed by atoms with Crippen molar-refractivity contribution in [2.24, 2.45) is 11.8 Å². The van der Waals surface area contributed by atoms with Crippen LogP contribution in [0.4, 0.5) is 15.8 Å². The van der Waals surface area contributed by atoms with Crippen LogP contribution < -0.4 is 15.7 Å². The van der Waals surface area contributed by atoms with Gasteiger partial charge in [0.05, 0.1) is 22.2 Å². The van der Waals surface area contributed by atoms with Crippen molar-refractivity contribution in [1.29, 1.82) is 0 Å². The fourth-order valence-corrected chi connectivity index (χ4v) is 3.33. The Hall–Kier alpha value is -3.19. The summed E-state index contributed by atoms with van der Waals surface area (Å²) in [5.74, 6) is -4.66. The quantitative estimate of drug-likeness (QED) is 0.733. The van der Waals surface area contributed by atoms with Crippen LogP contribution in [0.3, 0.4) is 0 Å². The van der Waals surface area contributed by atoms with Crippen LogP contribution in [-0.4, -0.2) is 17.8 Å². The predicted molar refractivity (Wildman–Crippen MR) is 105 cm³/mol. The Bertz CT molecular complexity index is 992. The summed E-state index contributed by atoms with van der Waals surface area (Å²) in [6.07, 6.45) is 3.95. The number of amides is 2. The van der Waals surface area contributed by atoms with Gasteiger partial charge in [-0.1, -0.05) is 35.9 Å². The van der Waals surface area contributed by atoms with Crippen LogP contribution in [0.5, 0.6) is 0 Å². The molecule has 6 nitrogen and oxygen atoms in total. The lowest BCUT2D eigenvalue weighted by Gasteiger charge is -2.28. The number of nitrogens with one attached hydrogen (secondary N) is 2. The van der Waals surface area contributed by atoms with Gasteiger partial charge >= 0.3 is 0 Å². The molecule has 1 aliphatic carbocycles. The molecule has 0 bridgehead atoms. The molecule has 0 aromatic heterocycles. The van der Waals surface area contributed by atoms with Crippen LogP contribution in [-0.2, 0) is 9.59 Å². The highest BCUT2D eigenvalue weighted by Gasteiger charge is 2.30. The van der Waals surface area contributed by atoms with Gasteiger partial charge in [-0.2, -0.15) is 0 Å². The number of carbonyl (C=O) groups is 3. The summed E-state index contributed by atoms with van der Waals surface area (Å²) in [5.41, 5.74) is 0.685. The number of anilines is 2. The first kappa shape index (κ1) is 20.5. The summed E-state index contributed by atoms with van der Waals surface area (Å²) in [5, 5.41) is 16.4. The molecule has 8 heteroatoms. The van der Waals surface area contributed by atoms with Crippen LogP contribution >= 0.6 is 11.6 Å². The molecule has 0 fully saturated rings. The van der Waals surface area contributed by atoms with Crippen molar-refractivity contribution in [1.82, 2.24) is 0 Å². The number of hydrogen-bond acceptors (Lipinski definition) is 4. The normalized spacial score (nSPS) is 18.1. The van der Waals surface area contributed by atoms with Gasteiger partial charge in [0.25, 0.3) is 5.91 Å². The summed E-state index contributed by atoms with van der Waals surface area (Å²) in [7, 11) is 0. The molecule has 3 rings (SSSR count). The monoisotopic (exact) mass is 415 g/mol. The van der Waals surface area contributed by atoms with E-state index in [0.717, 1.165) is 6.07 Å². The van der Waals surface area contributed by atoms with E-state index in [0.29, 0.717) is 0 Å². The minimum Gasteiger partial charge on any atom is -0.550 e.